The highest BCUT2D eigenvalue weighted by atomic mass is 16.5. The van der Waals surface area contributed by atoms with Gasteiger partial charge in [-0.2, -0.15) is 0 Å². The number of anilines is 1. The number of rotatable bonds is 5. The molecule has 1 aromatic carbocycles. The molecule has 4 heteroatoms. The molecule has 0 saturated heterocycles. The first kappa shape index (κ1) is 14.4. The van der Waals surface area contributed by atoms with Gasteiger partial charge in [-0.3, -0.25) is 4.79 Å². The summed E-state index contributed by atoms with van der Waals surface area (Å²) in [5.41, 5.74) is 6.30. The van der Waals surface area contributed by atoms with Crippen molar-refractivity contribution in [3.63, 3.8) is 0 Å². The first-order valence-corrected chi connectivity index (χ1v) is 6.02. The van der Waals surface area contributed by atoms with Gasteiger partial charge in [0.2, 0.25) is 5.91 Å². The highest BCUT2D eigenvalue weighted by Gasteiger charge is 2.22. The van der Waals surface area contributed by atoms with E-state index in [1.54, 1.807) is 7.11 Å². The van der Waals surface area contributed by atoms with Crippen LogP contribution in [0.1, 0.15) is 27.2 Å². The summed E-state index contributed by atoms with van der Waals surface area (Å²) in [7, 11) is 1.61. The first-order chi connectivity index (χ1) is 8.31. The van der Waals surface area contributed by atoms with Crippen LogP contribution in [0.5, 0.6) is 5.75 Å². The number of nitrogens with two attached hydrogens (primary N) is 1. The first-order valence-electron chi connectivity index (χ1n) is 6.02. The van der Waals surface area contributed by atoms with E-state index in [1.807, 2.05) is 24.3 Å². The number of methoxy groups -OCH3 is 1. The molecule has 100 valence electrons. The minimum Gasteiger partial charge on any atom is -0.497 e. The molecule has 0 aromatic heterocycles. The molecule has 4 nitrogen and oxygen atoms in total. The van der Waals surface area contributed by atoms with Crippen molar-refractivity contribution in [2.24, 2.45) is 11.1 Å². The Balaban J connectivity index is 2.80. The summed E-state index contributed by atoms with van der Waals surface area (Å²) in [6.45, 7) is 6.24. The molecule has 0 bridgehead atoms. The molecule has 3 N–H and O–H groups in total. The molecular weight excluding hydrogens is 228 g/mol. The Bertz CT molecular complexity index is 411. The van der Waals surface area contributed by atoms with E-state index >= 15 is 0 Å². The van der Waals surface area contributed by atoms with Gasteiger partial charge in [-0.25, -0.2) is 0 Å². The Morgan fingerprint density at radius 2 is 2.11 bits per heavy atom. The van der Waals surface area contributed by atoms with Gasteiger partial charge in [-0.05, 0) is 24.0 Å². The molecule has 0 aliphatic heterocycles. The van der Waals surface area contributed by atoms with Crippen LogP contribution in [0.3, 0.4) is 0 Å². The van der Waals surface area contributed by atoms with Crippen molar-refractivity contribution in [3.05, 3.63) is 24.3 Å². The molecule has 1 rings (SSSR count). The van der Waals surface area contributed by atoms with Crippen LogP contribution in [0.4, 0.5) is 5.69 Å². The van der Waals surface area contributed by atoms with Crippen molar-refractivity contribution in [2.45, 2.75) is 33.2 Å². The molecule has 0 radical (unpaired) electrons. The van der Waals surface area contributed by atoms with Crippen molar-refractivity contribution < 1.29 is 9.53 Å². The number of benzene rings is 1. The molecule has 1 atom stereocenters. The number of hydrogen-bond acceptors (Lipinski definition) is 3. The molecule has 1 aromatic rings. The molecule has 0 fully saturated rings. The summed E-state index contributed by atoms with van der Waals surface area (Å²) in [6, 6.07) is 7.08. The van der Waals surface area contributed by atoms with Crippen LogP contribution in [0.2, 0.25) is 0 Å². The van der Waals surface area contributed by atoms with Crippen molar-refractivity contribution in [1.82, 2.24) is 0 Å². The van der Waals surface area contributed by atoms with E-state index in [2.05, 4.69) is 26.1 Å². The number of carbonyl (C=O) groups is 1. The summed E-state index contributed by atoms with van der Waals surface area (Å²) in [5, 5.41) is 3.16. The van der Waals surface area contributed by atoms with E-state index in [1.165, 1.54) is 0 Å². The van der Waals surface area contributed by atoms with E-state index < -0.39 is 0 Å². The molecule has 0 spiro atoms. The zero-order chi connectivity index (χ0) is 13.8. The predicted octanol–water partition coefficient (Wildman–Crippen LogP) is 2.40. The summed E-state index contributed by atoms with van der Waals surface area (Å²) >= 11 is 0. The Labute approximate surface area is 109 Å². The summed E-state index contributed by atoms with van der Waals surface area (Å²) in [5.74, 6) is 0.409. The lowest BCUT2D eigenvalue weighted by Gasteiger charge is -2.25. The van der Waals surface area contributed by atoms with Crippen molar-refractivity contribution in [2.75, 3.05) is 12.4 Å². The zero-order valence-electron chi connectivity index (χ0n) is 11.5. The van der Waals surface area contributed by atoms with Crippen molar-refractivity contribution in [1.29, 1.82) is 0 Å². The molecule has 1 amide bonds. The van der Waals surface area contributed by atoms with Gasteiger partial charge >= 0.3 is 0 Å². The monoisotopic (exact) mass is 250 g/mol. The lowest BCUT2D eigenvalue weighted by Crippen LogP contribution is -2.38. The fourth-order valence-corrected chi connectivity index (χ4v) is 1.75. The standard InChI is InChI=1S/C14H22N2O2/c1-14(2,3)9-12(13(15)17)16-10-6-5-7-11(8-10)18-4/h5-8,12,16H,9H2,1-4H3,(H2,15,17). The van der Waals surface area contributed by atoms with Gasteiger partial charge in [-0.1, -0.05) is 26.8 Å². The lowest BCUT2D eigenvalue weighted by atomic mass is 9.88. The van der Waals surface area contributed by atoms with Gasteiger partial charge in [0.15, 0.2) is 0 Å². The third-order valence-electron chi connectivity index (χ3n) is 2.57. The summed E-state index contributed by atoms with van der Waals surface area (Å²) < 4.78 is 5.14. The van der Waals surface area contributed by atoms with Gasteiger partial charge < -0.3 is 15.8 Å². The van der Waals surface area contributed by atoms with Gasteiger partial charge in [0, 0.05) is 11.8 Å². The fourth-order valence-electron chi connectivity index (χ4n) is 1.75. The van der Waals surface area contributed by atoms with Gasteiger partial charge in [0.25, 0.3) is 0 Å². The van der Waals surface area contributed by atoms with Crippen LogP contribution in [0, 0.1) is 5.41 Å². The Morgan fingerprint density at radius 3 is 2.61 bits per heavy atom. The second-order valence-corrected chi connectivity index (χ2v) is 5.60. The van der Waals surface area contributed by atoms with Crippen LogP contribution in [-0.2, 0) is 4.79 Å². The number of nitrogens with one attached hydrogen (secondary N) is 1. The van der Waals surface area contributed by atoms with Crippen LogP contribution in [-0.4, -0.2) is 19.1 Å². The van der Waals surface area contributed by atoms with Crippen LogP contribution >= 0.6 is 0 Å². The SMILES string of the molecule is COc1cccc(NC(CC(C)(C)C)C(N)=O)c1. The van der Waals surface area contributed by atoms with Crippen LogP contribution in [0.15, 0.2) is 24.3 Å². The van der Waals surface area contributed by atoms with Crippen molar-refractivity contribution >= 4 is 11.6 Å². The molecule has 1 unspecified atom stereocenters. The van der Waals surface area contributed by atoms with Crippen LogP contribution in [0.25, 0.3) is 0 Å². The lowest BCUT2D eigenvalue weighted by molar-refractivity contribution is -0.119. The molecule has 0 aliphatic carbocycles. The largest absolute Gasteiger partial charge is 0.497 e. The average molecular weight is 250 g/mol. The summed E-state index contributed by atoms with van der Waals surface area (Å²) in [4.78, 5) is 11.5. The molecule has 18 heavy (non-hydrogen) atoms. The maximum Gasteiger partial charge on any atom is 0.239 e. The smallest absolute Gasteiger partial charge is 0.239 e. The second-order valence-electron chi connectivity index (χ2n) is 5.60. The van der Waals surface area contributed by atoms with Gasteiger partial charge in [0.05, 0.1) is 7.11 Å². The van der Waals surface area contributed by atoms with E-state index in [0.717, 1.165) is 11.4 Å². The van der Waals surface area contributed by atoms with Gasteiger partial charge in [0.1, 0.15) is 11.8 Å². The van der Waals surface area contributed by atoms with E-state index in [4.69, 9.17) is 10.5 Å². The fraction of sp³-hybridized carbons (Fsp3) is 0.500. The Kier molecular flexibility index (Phi) is 4.59. The highest BCUT2D eigenvalue weighted by Crippen LogP contribution is 2.24. The highest BCUT2D eigenvalue weighted by molar-refractivity contribution is 5.83. The number of carbonyl (C=O) groups excluding carboxylic acids is 1. The van der Waals surface area contributed by atoms with Crippen LogP contribution < -0.4 is 15.8 Å². The van der Waals surface area contributed by atoms with Gasteiger partial charge in [-0.15, -0.1) is 0 Å². The molecule has 0 saturated carbocycles. The normalized spacial score (nSPS) is 12.9. The third-order valence-corrected chi connectivity index (χ3v) is 2.57. The topological polar surface area (TPSA) is 64.3 Å². The maximum absolute atomic E-state index is 11.5. The summed E-state index contributed by atoms with van der Waals surface area (Å²) in [6.07, 6.45) is 0.680. The molecule has 0 aliphatic rings. The number of ether oxygens (including phenoxy) is 1. The van der Waals surface area contributed by atoms with E-state index in [9.17, 15) is 4.79 Å². The number of hydrogen-bond donors (Lipinski definition) is 2. The van der Waals surface area contributed by atoms with Crippen molar-refractivity contribution in [3.8, 4) is 5.75 Å². The van der Waals surface area contributed by atoms with E-state index in [0.29, 0.717) is 6.42 Å². The Hall–Kier alpha value is -1.71. The quantitative estimate of drug-likeness (QED) is 0.843. The number of primary amides is 1. The average Bonchev–Trinajstić information content (AvgIpc) is 2.26. The van der Waals surface area contributed by atoms with E-state index in [-0.39, 0.29) is 17.4 Å². The minimum absolute atomic E-state index is 0.0333. The second kappa shape index (κ2) is 5.76. The molecular formula is C14H22N2O2. The predicted molar refractivity (Wildman–Crippen MR) is 73.7 cm³/mol. The molecule has 0 heterocycles. The number of amides is 1. The third kappa shape index (κ3) is 4.65. The maximum atomic E-state index is 11.5. The minimum atomic E-state index is -0.378. The zero-order valence-corrected chi connectivity index (χ0v) is 11.5. The Morgan fingerprint density at radius 1 is 1.44 bits per heavy atom.